The molecule has 1 aromatic carbocycles. The molecule has 0 bridgehead atoms. The van der Waals surface area contributed by atoms with Gasteiger partial charge in [-0.25, -0.2) is 8.42 Å². The topological polar surface area (TPSA) is 81.9 Å². The van der Waals surface area contributed by atoms with Gasteiger partial charge in [0.1, 0.15) is 4.90 Å². The van der Waals surface area contributed by atoms with Gasteiger partial charge >= 0.3 is 0 Å². The first kappa shape index (κ1) is 20.5. The van der Waals surface area contributed by atoms with Crippen molar-refractivity contribution < 1.29 is 17.9 Å². The van der Waals surface area contributed by atoms with E-state index < -0.39 is 10.0 Å². The second-order valence-corrected chi connectivity index (χ2v) is 8.50. The van der Waals surface area contributed by atoms with E-state index in [2.05, 4.69) is 15.9 Å². The Bertz CT molecular complexity index is 671. The van der Waals surface area contributed by atoms with E-state index in [4.69, 9.17) is 15.2 Å². The zero-order valence-corrected chi connectivity index (χ0v) is 16.6. The average Bonchev–Trinajstić information content (AvgIpc) is 2.90. The zero-order valence-electron chi connectivity index (χ0n) is 13.3. The minimum atomic E-state index is -3.61. The van der Waals surface area contributed by atoms with Crippen molar-refractivity contribution in [2.75, 3.05) is 33.9 Å². The summed E-state index contributed by atoms with van der Waals surface area (Å²) in [5.41, 5.74) is 5.59. The van der Waals surface area contributed by atoms with Gasteiger partial charge in [0.2, 0.25) is 10.0 Å². The van der Waals surface area contributed by atoms with Crippen LogP contribution >= 0.6 is 28.3 Å². The minimum absolute atomic E-state index is 0. The van der Waals surface area contributed by atoms with Crippen LogP contribution < -0.4 is 15.2 Å². The first-order valence-corrected chi connectivity index (χ1v) is 9.12. The van der Waals surface area contributed by atoms with Gasteiger partial charge in [-0.3, -0.25) is 0 Å². The number of sulfonamides is 1. The number of nitrogens with two attached hydrogens (primary N) is 1. The van der Waals surface area contributed by atoms with E-state index in [0.29, 0.717) is 35.6 Å². The molecule has 23 heavy (non-hydrogen) atoms. The fourth-order valence-electron chi connectivity index (χ4n) is 2.52. The van der Waals surface area contributed by atoms with Crippen molar-refractivity contribution in [1.29, 1.82) is 0 Å². The van der Waals surface area contributed by atoms with Crippen LogP contribution in [0.2, 0.25) is 0 Å². The molecule has 1 saturated heterocycles. The molecular weight excluding hydrogens is 408 g/mol. The molecule has 2 N–H and O–H groups in total. The van der Waals surface area contributed by atoms with Crippen LogP contribution in [0.1, 0.15) is 13.3 Å². The number of ether oxygens (including phenoxy) is 2. The third-order valence-corrected chi connectivity index (χ3v) is 6.88. The lowest BCUT2D eigenvalue weighted by molar-refractivity contribution is 0.347. The molecule has 6 nitrogen and oxygen atoms in total. The summed E-state index contributed by atoms with van der Waals surface area (Å²) in [6.45, 7) is 3.36. The molecule has 1 unspecified atom stereocenters. The summed E-state index contributed by atoms with van der Waals surface area (Å²) < 4.78 is 38.1. The quantitative estimate of drug-likeness (QED) is 0.776. The Hall–Kier alpha value is -0.540. The summed E-state index contributed by atoms with van der Waals surface area (Å²) in [6.07, 6.45) is 0.758. The van der Waals surface area contributed by atoms with Crippen LogP contribution in [0, 0.1) is 5.41 Å². The third kappa shape index (κ3) is 3.93. The highest BCUT2D eigenvalue weighted by atomic mass is 79.9. The van der Waals surface area contributed by atoms with Gasteiger partial charge in [-0.05, 0) is 40.4 Å². The van der Waals surface area contributed by atoms with Crippen molar-refractivity contribution in [2.45, 2.75) is 18.2 Å². The van der Waals surface area contributed by atoms with Crippen molar-refractivity contribution in [3.63, 3.8) is 0 Å². The van der Waals surface area contributed by atoms with Crippen LogP contribution in [-0.4, -0.2) is 46.6 Å². The standard InChI is InChI=1S/C14H21BrN2O4S.ClH/c1-14(8-16)4-5-17(9-14)22(18,19)13-7-12(21-3)11(20-2)6-10(13)15;/h6-7H,4-5,8-9,16H2,1-3H3;1H. The number of hydrogen-bond acceptors (Lipinski definition) is 5. The molecule has 0 aliphatic carbocycles. The molecule has 132 valence electrons. The molecular formula is C14H22BrClN2O4S. The highest BCUT2D eigenvalue weighted by Gasteiger charge is 2.40. The SMILES string of the molecule is COc1cc(Br)c(S(=O)(=O)N2CCC(C)(CN)C2)cc1OC.Cl. The molecule has 1 aliphatic rings. The van der Waals surface area contributed by atoms with Crippen molar-refractivity contribution in [1.82, 2.24) is 4.31 Å². The second kappa shape index (κ2) is 7.57. The van der Waals surface area contributed by atoms with E-state index in [-0.39, 0.29) is 22.7 Å². The molecule has 0 aromatic heterocycles. The Morgan fingerprint density at radius 3 is 2.35 bits per heavy atom. The summed E-state index contributed by atoms with van der Waals surface area (Å²) >= 11 is 3.31. The summed E-state index contributed by atoms with van der Waals surface area (Å²) in [5.74, 6) is 0.853. The Balaban J connectivity index is 0.00000264. The van der Waals surface area contributed by atoms with Gasteiger partial charge in [-0.2, -0.15) is 4.31 Å². The number of rotatable bonds is 5. The van der Waals surface area contributed by atoms with E-state index in [1.54, 1.807) is 6.07 Å². The van der Waals surface area contributed by atoms with E-state index in [0.717, 1.165) is 6.42 Å². The van der Waals surface area contributed by atoms with Crippen molar-refractivity contribution in [2.24, 2.45) is 11.1 Å². The van der Waals surface area contributed by atoms with Crippen LogP contribution in [0.15, 0.2) is 21.5 Å². The lowest BCUT2D eigenvalue weighted by atomic mass is 9.90. The first-order valence-electron chi connectivity index (χ1n) is 6.89. The maximum Gasteiger partial charge on any atom is 0.244 e. The highest BCUT2D eigenvalue weighted by molar-refractivity contribution is 9.10. The third-order valence-electron chi connectivity index (χ3n) is 4.07. The van der Waals surface area contributed by atoms with Gasteiger partial charge in [0.15, 0.2) is 11.5 Å². The number of hydrogen-bond donors (Lipinski definition) is 1. The molecule has 0 saturated carbocycles. The number of benzene rings is 1. The Kier molecular flexibility index (Phi) is 6.74. The van der Waals surface area contributed by atoms with Gasteiger partial charge < -0.3 is 15.2 Å². The average molecular weight is 430 g/mol. The monoisotopic (exact) mass is 428 g/mol. The number of methoxy groups -OCH3 is 2. The lowest BCUT2D eigenvalue weighted by Crippen LogP contribution is -2.34. The van der Waals surface area contributed by atoms with Gasteiger partial charge in [-0.15, -0.1) is 12.4 Å². The normalized spacial score (nSPS) is 21.8. The molecule has 1 atom stereocenters. The van der Waals surface area contributed by atoms with Gasteiger partial charge in [0.25, 0.3) is 0 Å². The molecule has 0 spiro atoms. The molecule has 1 heterocycles. The zero-order chi connectivity index (χ0) is 16.5. The van der Waals surface area contributed by atoms with Crippen molar-refractivity contribution in [3.8, 4) is 11.5 Å². The van der Waals surface area contributed by atoms with Crippen LogP contribution in [0.25, 0.3) is 0 Å². The smallest absolute Gasteiger partial charge is 0.244 e. The van der Waals surface area contributed by atoms with E-state index in [1.165, 1.54) is 24.6 Å². The lowest BCUT2D eigenvalue weighted by Gasteiger charge is -2.23. The predicted molar refractivity (Wildman–Crippen MR) is 95.0 cm³/mol. The van der Waals surface area contributed by atoms with E-state index in [1.807, 2.05) is 6.92 Å². The second-order valence-electron chi connectivity index (χ2n) is 5.74. The van der Waals surface area contributed by atoms with Gasteiger partial charge in [0, 0.05) is 23.6 Å². The fraction of sp³-hybridized carbons (Fsp3) is 0.571. The van der Waals surface area contributed by atoms with Crippen LogP contribution in [-0.2, 0) is 10.0 Å². The molecule has 9 heteroatoms. The van der Waals surface area contributed by atoms with Crippen molar-refractivity contribution >= 4 is 38.4 Å². The molecule has 1 fully saturated rings. The fourth-order valence-corrected chi connectivity index (χ4v) is 5.11. The van der Waals surface area contributed by atoms with E-state index in [9.17, 15) is 8.42 Å². The largest absolute Gasteiger partial charge is 0.493 e. The molecule has 1 aliphatic heterocycles. The first-order chi connectivity index (χ1) is 10.3. The van der Waals surface area contributed by atoms with Crippen LogP contribution in [0.5, 0.6) is 11.5 Å². The van der Waals surface area contributed by atoms with Crippen LogP contribution in [0.3, 0.4) is 0 Å². The summed E-state index contributed by atoms with van der Waals surface area (Å²) in [7, 11) is -0.631. The van der Waals surface area contributed by atoms with Gasteiger partial charge in [0.05, 0.1) is 14.2 Å². The maximum atomic E-state index is 12.9. The Morgan fingerprint density at radius 1 is 1.30 bits per heavy atom. The number of nitrogens with zero attached hydrogens (tertiary/aromatic N) is 1. The summed E-state index contributed by atoms with van der Waals surface area (Å²) in [4.78, 5) is 0.173. The Morgan fingerprint density at radius 2 is 1.87 bits per heavy atom. The number of halogens is 2. The van der Waals surface area contributed by atoms with Crippen molar-refractivity contribution in [3.05, 3.63) is 16.6 Å². The molecule has 0 radical (unpaired) electrons. The molecule has 2 rings (SSSR count). The maximum absolute atomic E-state index is 12.9. The molecule has 0 amide bonds. The van der Waals surface area contributed by atoms with Gasteiger partial charge in [-0.1, -0.05) is 6.92 Å². The Labute approximate surface area is 151 Å². The highest BCUT2D eigenvalue weighted by Crippen LogP contribution is 2.39. The summed E-state index contributed by atoms with van der Waals surface area (Å²) in [5, 5.41) is 0. The predicted octanol–water partition coefficient (Wildman–Crippen LogP) is 2.25. The minimum Gasteiger partial charge on any atom is -0.493 e. The van der Waals surface area contributed by atoms with Crippen LogP contribution in [0.4, 0.5) is 0 Å². The molecule has 1 aromatic rings. The van der Waals surface area contributed by atoms with E-state index >= 15 is 0 Å². The summed E-state index contributed by atoms with van der Waals surface area (Å²) in [6, 6.07) is 3.08.